The van der Waals surface area contributed by atoms with Crippen LogP contribution < -0.4 is 0 Å². The van der Waals surface area contributed by atoms with Crippen LogP contribution in [0.5, 0.6) is 0 Å². The fourth-order valence-electron chi connectivity index (χ4n) is 1.63. The Morgan fingerprint density at radius 2 is 2.06 bits per heavy atom. The Bertz CT molecular complexity index is 608. The molecular formula is C11H6BrCl2IN2S. The predicted molar refractivity (Wildman–Crippen MR) is 87.8 cm³/mol. The van der Waals surface area contributed by atoms with Gasteiger partial charge in [-0.1, -0.05) is 23.2 Å². The van der Waals surface area contributed by atoms with E-state index in [2.05, 4.69) is 48.5 Å². The lowest BCUT2D eigenvalue weighted by molar-refractivity contribution is 0.980. The van der Waals surface area contributed by atoms with Gasteiger partial charge < -0.3 is 0 Å². The fourth-order valence-corrected chi connectivity index (χ4v) is 4.12. The first-order chi connectivity index (χ1) is 8.56. The van der Waals surface area contributed by atoms with Crippen molar-refractivity contribution in [2.75, 3.05) is 0 Å². The molecule has 2 heterocycles. The highest BCUT2D eigenvalue weighted by molar-refractivity contribution is 14.1. The van der Waals surface area contributed by atoms with E-state index in [0.717, 1.165) is 18.6 Å². The van der Waals surface area contributed by atoms with Crippen molar-refractivity contribution in [3.63, 3.8) is 0 Å². The molecule has 1 saturated carbocycles. The van der Waals surface area contributed by atoms with Gasteiger partial charge in [-0.05, 0) is 57.4 Å². The number of halogens is 4. The molecule has 18 heavy (non-hydrogen) atoms. The van der Waals surface area contributed by atoms with E-state index in [1.807, 2.05) is 6.07 Å². The van der Waals surface area contributed by atoms with Crippen molar-refractivity contribution >= 4 is 73.1 Å². The number of hydrogen-bond donors (Lipinski definition) is 0. The average molecular weight is 476 g/mol. The lowest BCUT2D eigenvalue weighted by Crippen LogP contribution is -1.98. The van der Waals surface area contributed by atoms with Crippen LogP contribution in [0.15, 0.2) is 10.5 Å². The van der Waals surface area contributed by atoms with Crippen LogP contribution in [0, 0.1) is 3.57 Å². The quantitative estimate of drug-likeness (QED) is 0.408. The summed E-state index contributed by atoms with van der Waals surface area (Å²) >= 11 is 19.3. The van der Waals surface area contributed by atoms with Gasteiger partial charge in [0.05, 0.1) is 14.1 Å². The van der Waals surface area contributed by atoms with E-state index in [0.29, 0.717) is 21.2 Å². The molecule has 0 bridgehead atoms. The summed E-state index contributed by atoms with van der Waals surface area (Å²) in [6.45, 7) is 0. The fraction of sp³-hybridized carbons (Fsp3) is 0.273. The molecule has 0 aromatic carbocycles. The zero-order chi connectivity index (χ0) is 12.9. The van der Waals surface area contributed by atoms with E-state index >= 15 is 0 Å². The van der Waals surface area contributed by atoms with Crippen molar-refractivity contribution in [3.8, 4) is 10.7 Å². The summed E-state index contributed by atoms with van der Waals surface area (Å²) in [5, 5.41) is 0.531. The molecule has 0 aliphatic heterocycles. The number of nitrogens with zero attached hydrogens (tertiary/aromatic N) is 2. The molecule has 0 radical (unpaired) electrons. The Morgan fingerprint density at radius 1 is 1.33 bits per heavy atom. The highest BCUT2D eigenvalue weighted by Gasteiger charge is 2.29. The molecule has 0 unspecified atom stereocenters. The zero-order valence-electron chi connectivity index (χ0n) is 8.88. The smallest absolute Gasteiger partial charge is 0.171 e. The average Bonchev–Trinajstić information content (AvgIpc) is 3.10. The van der Waals surface area contributed by atoms with Gasteiger partial charge in [0.15, 0.2) is 5.82 Å². The lowest BCUT2D eigenvalue weighted by atomic mass is 10.3. The third-order valence-corrected chi connectivity index (χ3v) is 6.79. The predicted octanol–water partition coefficient (Wildman–Crippen LogP) is 5.76. The monoisotopic (exact) mass is 474 g/mol. The SMILES string of the molecule is Clc1nc(-c2cc(Br)c(Cl)s2)nc(C2CC2)c1I. The lowest BCUT2D eigenvalue weighted by Gasteiger charge is -2.05. The molecule has 1 fully saturated rings. The Balaban J connectivity index is 2.12. The molecule has 0 atom stereocenters. The Labute approximate surface area is 140 Å². The van der Waals surface area contributed by atoms with Crippen LogP contribution in [0.2, 0.25) is 9.49 Å². The van der Waals surface area contributed by atoms with Crippen LogP contribution in [0.1, 0.15) is 24.5 Å². The maximum absolute atomic E-state index is 6.19. The number of hydrogen-bond acceptors (Lipinski definition) is 3. The van der Waals surface area contributed by atoms with Gasteiger partial charge in [-0.2, -0.15) is 0 Å². The first kappa shape index (κ1) is 13.5. The maximum Gasteiger partial charge on any atom is 0.171 e. The van der Waals surface area contributed by atoms with Gasteiger partial charge >= 0.3 is 0 Å². The number of thiophene rings is 1. The van der Waals surface area contributed by atoms with Gasteiger partial charge in [-0.25, -0.2) is 9.97 Å². The molecule has 1 aliphatic rings. The van der Waals surface area contributed by atoms with Gasteiger partial charge in [-0.15, -0.1) is 11.3 Å². The Kier molecular flexibility index (Phi) is 3.89. The number of rotatable bonds is 2. The third kappa shape index (κ3) is 2.57. The second-order valence-electron chi connectivity index (χ2n) is 4.04. The van der Waals surface area contributed by atoms with Crippen LogP contribution in [-0.4, -0.2) is 9.97 Å². The van der Waals surface area contributed by atoms with Gasteiger partial charge in [0.25, 0.3) is 0 Å². The summed E-state index contributed by atoms with van der Waals surface area (Å²) in [5.74, 6) is 1.22. The van der Waals surface area contributed by atoms with E-state index in [1.165, 1.54) is 24.2 Å². The molecule has 94 valence electrons. The van der Waals surface area contributed by atoms with Crippen molar-refractivity contribution in [3.05, 3.63) is 29.3 Å². The van der Waals surface area contributed by atoms with Crippen molar-refractivity contribution in [2.45, 2.75) is 18.8 Å². The molecule has 0 saturated heterocycles. The van der Waals surface area contributed by atoms with Gasteiger partial charge in [0.2, 0.25) is 0 Å². The molecule has 0 amide bonds. The summed E-state index contributed by atoms with van der Waals surface area (Å²) in [6.07, 6.45) is 2.38. The van der Waals surface area contributed by atoms with E-state index in [1.54, 1.807) is 0 Å². The maximum atomic E-state index is 6.19. The highest BCUT2D eigenvalue weighted by atomic mass is 127. The Morgan fingerprint density at radius 3 is 2.61 bits per heavy atom. The van der Waals surface area contributed by atoms with Crippen molar-refractivity contribution in [2.24, 2.45) is 0 Å². The van der Waals surface area contributed by atoms with Gasteiger partial charge in [0, 0.05) is 10.4 Å². The van der Waals surface area contributed by atoms with E-state index in [4.69, 9.17) is 23.2 Å². The largest absolute Gasteiger partial charge is 0.231 e. The molecule has 1 aliphatic carbocycles. The summed E-state index contributed by atoms with van der Waals surface area (Å²) in [6, 6.07) is 1.93. The molecule has 2 nitrogen and oxygen atoms in total. The summed E-state index contributed by atoms with van der Waals surface area (Å²) in [5.41, 5.74) is 1.08. The normalized spacial score (nSPS) is 15.1. The minimum Gasteiger partial charge on any atom is -0.231 e. The second-order valence-corrected chi connectivity index (χ2v) is 7.99. The summed E-state index contributed by atoms with van der Waals surface area (Å²) < 4.78 is 2.55. The van der Waals surface area contributed by atoms with E-state index < -0.39 is 0 Å². The van der Waals surface area contributed by atoms with E-state index in [-0.39, 0.29) is 0 Å². The molecule has 0 spiro atoms. The summed E-state index contributed by atoms with van der Waals surface area (Å²) in [4.78, 5) is 9.93. The molecule has 7 heteroatoms. The van der Waals surface area contributed by atoms with Crippen LogP contribution in [0.25, 0.3) is 10.7 Å². The van der Waals surface area contributed by atoms with Gasteiger partial charge in [-0.3, -0.25) is 0 Å². The van der Waals surface area contributed by atoms with Crippen molar-refractivity contribution < 1.29 is 0 Å². The topological polar surface area (TPSA) is 25.8 Å². The zero-order valence-corrected chi connectivity index (χ0v) is 15.0. The van der Waals surface area contributed by atoms with Crippen LogP contribution in [-0.2, 0) is 0 Å². The van der Waals surface area contributed by atoms with Gasteiger partial charge in [0.1, 0.15) is 9.49 Å². The van der Waals surface area contributed by atoms with Crippen molar-refractivity contribution in [1.82, 2.24) is 9.97 Å². The van der Waals surface area contributed by atoms with Crippen LogP contribution in [0.4, 0.5) is 0 Å². The molecule has 2 aromatic heterocycles. The first-order valence-electron chi connectivity index (χ1n) is 5.24. The minimum atomic E-state index is 0.531. The molecule has 2 aromatic rings. The standard InChI is InChI=1S/C11H6BrCl2IN2S/c12-5-3-6(18-10(5)14)11-16-8(4-1-2-4)7(15)9(13)17-11/h3-4H,1-2H2. The molecule has 0 N–H and O–H groups in total. The first-order valence-corrected chi connectivity index (χ1v) is 8.69. The Hall–Kier alpha value is 0.570. The number of aromatic nitrogens is 2. The van der Waals surface area contributed by atoms with Crippen LogP contribution >= 0.6 is 73.1 Å². The minimum absolute atomic E-state index is 0.531. The third-order valence-electron chi connectivity index (χ3n) is 2.67. The van der Waals surface area contributed by atoms with Crippen molar-refractivity contribution in [1.29, 1.82) is 0 Å². The highest BCUT2D eigenvalue weighted by Crippen LogP contribution is 2.44. The second kappa shape index (κ2) is 5.16. The molecule has 3 rings (SSSR count). The van der Waals surface area contributed by atoms with Crippen LogP contribution in [0.3, 0.4) is 0 Å². The molecular weight excluding hydrogens is 470 g/mol. The summed E-state index contributed by atoms with van der Waals surface area (Å²) in [7, 11) is 0. The van der Waals surface area contributed by atoms with E-state index in [9.17, 15) is 0 Å².